The number of carbonyl (C=O) groups is 2. The number of nitrogens with zero attached hydrogens (tertiary/aromatic N) is 1. The highest BCUT2D eigenvalue weighted by atomic mass is 35.5. The van der Waals surface area contributed by atoms with Gasteiger partial charge >= 0.3 is 0 Å². The zero-order valence-electron chi connectivity index (χ0n) is 23.8. The molecule has 2 unspecified atom stereocenters. The first-order chi connectivity index (χ1) is 20.9. The summed E-state index contributed by atoms with van der Waals surface area (Å²) in [7, 11) is 1.60. The lowest BCUT2D eigenvalue weighted by Gasteiger charge is -2.30. The van der Waals surface area contributed by atoms with E-state index in [0.717, 1.165) is 12.1 Å². The Morgan fingerprint density at radius 1 is 0.907 bits per heavy atom. The minimum atomic E-state index is -0.503. The Bertz CT molecular complexity index is 1550. The molecule has 2 N–H and O–H groups in total. The second-order valence-electron chi connectivity index (χ2n) is 10.2. The van der Waals surface area contributed by atoms with E-state index >= 15 is 0 Å². The second-order valence-corrected chi connectivity index (χ2v) is 11.0. The standard InChI is InChI=1S/C34H33Cl2N3O4/c1-42-32-18-17-31(43-20-19-37-22-23-7-3-2-4-8-23)28-21-25(35)13-16-30(28)39(32)34(41)24-11-14-26(15-12-24)38-33(40)27-9-5-6-10-29(27)36/h2-16,21,31-32,37H,17-20,22H2,1H3,(H,38,40). The summed E-state index contributed by atoms with van der Waals surface area (Å²) >= 11 is 12.6. The van der Waals surface area contributed by atoms with Gasteiger partial charge in [-0.3, -0.25) is 14.5 Å². The number of hydrogen-bond donors (Lipinski definition) is 2. The van der Waals surface area contributed by atoms with Crippen LogP contribution in [0.3, 0.4) is 0 Å². The molecule has 1 aliphatic heterocycles. The van der Waals surface area contributed by atoms with Crippen molar-refractivity contribution in [3.05, 3.63) is 129 Å². The van der Waals surface area contributed by atoms with E-state index in [0.29, 0.717) is 58.5 Å². The van der Waals surface area contributed by atoms with Gasteiger partial charge in [0, 0.05) is 42.0 Å². The van der Waals surface area contributed by atoms with Crippen LogP contribution in [0, 0.1) is 0 Å². The van der Waals surface area contributed by atoms with E-state index < -0.39 is 6.23 Å². The number of ether oxygens (including phenoxy) is 2. The first kappa shape index (κ1) is 30.7. The van der Waals surface area contributed by atoms with Crippen molar-refractivity contribution in [3.8, 4) is 0 Å². The van der Waals surface area contributed by atoms with Gasteiger partial charge in [-0.25, -0.2) is 0 Å². The topological polar surface area (TPSA) is 79.9 Å². The summed E-state index contributed by atoms with van der Waals surface area (Å²) in [5, 5.41) is 7.18. The van der Waals surface area contributed by atoms with Crippen LogP contribution in [0.2, 0.25) is 10.0 Å². The zero-order chi connectivity index (χ0) is 30.2. The summed E-state index contributed by atoms with van der Waals surface area (Å²) in [5.41, 5.74) is 4.10. The van der Waals surface area contributed by atoms with Crippen LogP contribution in [0.15, 0.2) is 97.1 Å². The van der Waals surface area contributed by atoms with Crippen LogP contribution < -0.4 is 15.5 Å². The van der Waals surface area contributed by atoms with Crippen molar-refractivity contribution in [1.29, 1.82) is 0 Å². The van der Waals surface area contributed by atoms with Gasteiger partial charge in [0.1, 0.15) is 6.23 Å². The predicted molar refractivity (Wildman–Crippen MR) is 171 cm³/mol. The van der Waals surface area contributed by atoms with Crippen LogP contribution in [-0.2, 0) is 16.0 Å². The lowest BCUT2D eigenvalue weighted by Crippen LogP contribution is -2.41. The smallest absolute Gasteiger partial charge is 0.260 e. The number of amides is 2. The van der Waals surface area contributed by atoms with Gasteiger partial charge in [0.25, 0.3) is 11.8 Å². The van der Waals surface area contributed by atoms with Crippen molar-refractivity contribution in [1.82, 2.24) is 5.32 Å². The number of halogens is 2. The molecule has 9 heteroatoms. The van der Waals surface area contributed by atoms with Crippen molar-refractivity contribution < 1.29 is 19.1 Å². The molecule has 5 rings (SSSR count). The third-order valence-electron chi connectivity index (χ3n) is 7.33. The zero-order valence-corrected chi connectivity index (χ0v) is 25.3. The molecule has 2 amide bonds. The number of hydrogen-bond acceptors (Lipinski definition) is 5. The first-order valence-corrected chi connectivity index (χ1v) is 14.9. The Balaban J connectivity index is 1.30. The van der Waals surface area contributed by atoms with Crippen molar-refractivity contribution >= 4 is 46.4 Å². The van der Waals surface area contributed by atoms with Crippen LogP contribution in [0.25, 0.3) is 0 Å². The highest BCUT2D eigenvalue weighted by molar-refractivity contribution is 6.34. The normalized spacial score (nSPS) is 16.3. The van der Waals surface area contributed by atoms with E-state index in [1.54, 1.807) is 66.6 Å². The largest absolute Gasteiger partial charge is 0.372 e. The van der Waals surface area contributed by atoms with E-state index in [1.165, 1.54) is 5.56 Å². The van der Waals surface area contributed by atoms with Gasteiger partial charge in [-0.15, -0.1) is 0 Å². The van der Waals surface area contributed by atoms with E-state index in [2.05, 4.69) is 22.8 Å². The highest BCUT2D eigenvalue weighted by Crippen LogP contribution is 2.40. The van der Waals surface area contributed by atoms with Crippen LogP contribution in [0.5, 0.6) is 0 Å². The number of methoxy groups -OCH3 is 1. The summed E-state index contributed by atoms with van der Waals surface area (Å²) in [6, 6.07) is 29.3. The molecule has 0 fully saturated rings. The number of fused-ring (bicyclic) bond motifs is 1. The molecule has 0 radical (unpaired) electrons. The molecule has 0 saturated carbocycles. The summed E-state index contributed by atoms with van der Waals surface area (Å²) in [5.74, 6) is -0.562. The van der Waals surface area contributed by atoms with Crippen LogP contribution >= 0.6 is 23.2 Å². The summed E-state index contributed by atoms with van der Waals surface area (Å²) in [4.78, 5) is 28.3. The maximum Gasteiger partial charge on any atom is 0.260 e. The molecule has 2 atom stereocenters. The molecular formula is C34H33Cl2N3O4. The Kier molecular flexibility index (Phi) is 10.5. The SMILES string of the molecule is COC1CCC(OCCNCc2ccccc2)c2cc(Cl)ccc2N1C(=O)c1ccc(NC(=O)c2ccccc2Cl)cc1. The first-order valence-electron chi connectivity index (χ1n) is 14.1. The predicted octanol–water partition coefficient (Wildman–Crippen LogP) is 7.51. The quantitative estimate of drug-likeness (QED) is 0.180. The molecule has 4 aromatic carbocycles. The van der Waals surface area contributed by atoms with E-state index in [9.17, 15) is 9.59 Å². The van der Waals surface area contributed by atoms with Crippen molar-refractivity contribution in [3.63, 3.8) is 0 Å². The maximum absolute atomic E-state index is 14.0. The minimum absolute atomic E-state index is 0.232. The van der Waals surface area contributed by atoms with Gasteiger partial charge in [0.05, 0.1) is 29.0 Å². The number of rotatable bonds is 10. The number of anilines is 2. The molecule has 222 valence electrons. The fourth-order valence-corrected chi connectivity index (χ4v) is 5.56. The Labute approximate surface area is 261 Å². The number of carbonyl (C=O) groups excluding carboxylic acids is 2. The summed E-state index contributed by atoms with van der Waals surface area (Å²) in [6.45, 7) is 1.93. The Morgan fingerprint density at radius 3 is 2.40 bits per heavy atom. The van der Waals surface area contributed by atoms with E-state index in [-0.39, 0.29) is 17.9 Å². The van der Waals surface area contributed by atoms with Gasteiger partial charge in [0.2, 0.25) is 0 Å². The van der Waals surface area contributed by atoms with Crippen molar-refractivity contribution in [2.45, 2.75) is 31.7 Å². The average Bonchev–Trinajstić information content (AvgIpc) is 3.18. The molecule has 43 heavy (non-hydrogen) atoms. The van der Waals surface area contributed by atoms with Gasteiger partial charge < -0.3 is 20.1 Å². The van der Waals surface area contributed by atoms with Crippen LogP contribution in [0.4, 0.5) is 11.4 Å². The molecule has 0 aliphatic carbocycles. The Hall–Kier alpha value is -3.72. The van der Waals surface area contributed by atoms with Crippen LogP contribution in [-0.4, -0.2) is 38.3 Å². The van der Waals surface area contributed by atoms with Crippen molar-refractivity contribution in [2.75, 3.05) is 30.5 Å². The lowest BCUT2D eigenvalue weighted by atomic mass is 10.0. The Morgan fingerprint density at radius 2 is 1.65 bits per heavy atom. The van der Waals surface area contributed by atoms with Gasteiger partial charge in [0.15, 0.2) is 0 Å². The highest BCUT2D eigenvalue weighted by Gasteiger charge is 2.34. The fourth-order valence-electron chi connectivity index (χ4n) is 5.15. The molecule has 1 aliphatic rings. The van der Waals surface area contributed by atoms with Gasteiger partial charge in [-0.2, -0.15) is 0 Å². The molecule has 0 spiro atoms. The van der Waals surface area contributed by atoms with E-state index in [4.69, 9.17) is 32.7 Å². The average molecular weight is 619 g/mol. The molecular weight excluding hydrogens is 585 g/mol. The molecule has 0 aromatic heterocycles. The fraction of sp³-hybridized carbons (Fsp3) is 0.235. The lowest BCUT2D eigenvalue weighted by molar-refractivity contribution is 0.0321. The third kappa shape index (κ3) is 7.63. The summed E-state index contributed by atoms with van der Waals surface area (Å²) < 4.78 is 12.2. The molecule has 4 aromatic rings. The number of nitrogens with one attached hydrogen (secondary N) is 2. The van der Waals surface area contributed by atoms with Crippen molar-refractivity contribution in [2.24, 2.45) is 0 Å². The monoisotopic (exact) mass is 617 g/mol. The molecule has 0 bridgehead atoms. The molecule has 1 heterocycles. The van der Waals surface area contributed by atoms with E-state index in [1.807, 2.05) is 30.3 Å². The van der Waals surface area contributed by atoms with Gasteiger partial charge in [-0.1, -0.05) is 65.7 Å². The third-order valence-corrected chi connectivity index (χ3v) is 7.89. The number of benzene rings is 4. The summed E-state index contributed by atoms with van der Waals surface area (Å²) in [6.07, 6.45) is 0.464. The minimum Gasteiger partial charge on any atom is -0.372 e. The van der Waals surface area contributed by atoms with Crippen LogP contribution in [0.1, 0.15) is 50.8 Å². The second kappa shape index (κ2) is 14.6. The molecule has 0 saturated heterocycles. The molecule has 7 nitrogen and oxygen atoms in total. The van der Waals surface area contributed by atoms with Gasteiger partial charge in [-0.05, 0) is 73.0 Å². The maximum atomic E-state index is 14.0.